The number of methoxy groups -OCH3 is 2. The maximum Gasteiger partial charge on any atom is 0.253 e. The van der Waals surface area contributed by atoms with E-state index in [-0.39, 0.29) is 35.6 Å². The van der Waals surface area contributed by atoms with E-state index >= 15 is 0 Å². The summed E-state index contributed by atoms with van der Waals surface area (Å²) >= 11 is 0. The number of fused-ring (bicyclic) bond motifs is 1. The molecular formula is C30H41N5O5. The molecule has 0 saturated carbocycles. The number of amides is 1. The van der Waals surface area contributed by atoms with Crippen LogP contribution in [0, 0.1) is 5.41 Å². The average molecular weight is 552 g/mol. The smallest absolute Gasteiger partial charge is 0.253 e. The van der Waals surface area contributed by atoms with Crippen molar-refractivity contribution >= 4 is 28.9 Å². The number of ketones is 1. The molecule has 10 heteroatoms. The molecule has 0 radical (unpaired) electrons. The first-order valence-electron chi connectivity index (χ1n) is 13.4. The van der Waals surface area contributed by atoms with Gasteiger partial charge in [-0.2, -0.15) is 0 Å². The Morgan fingerprint density at radius 1 is 1.15 bits per heavy atom. The second-order valence-electron chi connectivity index (χ2n) is 11.7. The highest BCUT2D eigenvalue weighted by atomic mass is 16.5. The van der Waals surface area contributed by atoms with Gasteiger partial charge in [-0.3, -0.25) is 15.0 Å². The minimum atomic E-state index is -0.650. The van der Waals surface area contributed by atoms with Crippen molar-refractivity contribution in [2.45, 2.75) is 44.9 Å². The van der Waals surface area contributed by atoms with Crippen LogP contribution >= 0.6 is 0 Å². The van der Waals surface area contributed by atoms with Gasteiger partial charge in [-0.1, -0.05) is 20.8 Å². The number of benzene rings is 2. The van der Waals surface area contributed by atoms with Crippen LogP contribution in [0.25, 0.3) is 0 Å². The van der Waals surface area contributed by atoms with Crippen LogP contribution < -0.4 is 19.9 Å². The van der Waals surface area contributed by atoms with E-state index in [2.05, 4.69) is 26.1 Å². The van der Waals surface area contributed by atoms with Crippen LogP contribution in [0.2, 0.25) is 0 Å². The molecule has 10 nitrogen and oxygen atoms in total. The average Bonchev–Trinajstić information content (AvgIpc) is 3.44. The minimum Gasteiger partial charge on any atom is -0.494 e. The van der Waals surface area contributed by atoms with E-state index < -0.39 is 6.10 Å². The SMILES string of the molecule is CNC(=O)c1cc2c(cc1N(C)C)CN(CC(=O)c1cc(N3CC(O)C(OC)C3)c(OC)c(C(C)(C)C)c1)C2=N. The van der Waals surface area contributed by atoms with E-state index in [4.69, 9.17) is 14.9 Å². The third kappa shape index (κ3) is 5.38. The van der Waals surface area contributed by atoms with Gasteiger partial charge < -0.3 is 34.6 Å². The quantitative estimate of drug-likeness (QED) is 0.429. The fourth-order valence-corrected chi connectivity index (χ4v) is 5.49. The lowest BCUT2D eigenvalue weighted by Gasteiger charge is -2.29. The van der Waals surface area contributed by atoms with Crippen molar-refractivity contribution in [3.8, 4) is 5.75 Å². The topological polar surface area (TPSA) is 118 Å². The molecule has 2 unspecified atom stereocenters. The summed E-state index contributed by atoms with van der Waals surface area (Å²) in [5.74, 6) is 0.535. The van der Waals surface area contributed by atoms with Crippen molar-refractivity contribution in [3.05, 3.63) is 52.1 Å². The van der Waals surface area contributed by atoms with Crippen LogP contribution in [0.1, 0.15) is 58.2 Å². The van der Waals surface area contributed by atoms with E-state index in [9.17, 15) is 14.7 Å². The molecule has 0 aliphatic carbocycles. The van der Waals surface area contributed by atoms with Crippen molar-refractivity contribution in [2.24, 2.45) is 0 Å². The van der Waals surface area contributed by atoms with Gasteiger partial charge in [-0.25, -0.2) is 0 Å². The molecule has 0 spiro atoms. The monoisotopic (exact) mass is 551 g/mol. The van der Waals surface area contributed by atoms with Crippen LogP contribution in [0.3, 0.4) is 0 Å². The number of Topliss-reactive ketones (excluding diaryl/α,β-unsaturated/α-hetero) is 1. The number of nitrogens with zero attached hydrogens (tertiary/aromatic N) is 3. The fraction of sp³-hybridized carbons (Fsp3) is 0.500. The molecule has 0 aromatic heterocycles. The Balaban J connectivity index is 1.68. The number of aliphatic hydroxyl groups excluding tert-OH is 1. The molecule has 3 N–H and O–H groups in total. The Hall–Kier alpha value is -3.63. The zero-order valence-corrected chi connectivity index (χ0v) is 24.7. The molecule has 0 bridgehead atoms. The zero-order valence-electron chi connectivity index (χ0n) is 24.7. The molecule has 1 fully saturated rings. The Morgan fingerprint density at radius 3 is 2.40 bits per heavy atom. The molecule has 2 heterocycles. The van der Waals surface area contributed by atoms with Crippen LogP contribution in [0.4, 0.5) is 11.4 Å². The third-order valence-electron chi connectivity index (χ3n) is 7.73. The van der Waals surface area contributed by atoms with Gasteiger partial charge in [-0.05, 0) is 35.2 Å². The number of anilines is 2. The minimum absolute atomic E-state index is 0.0127. The number of carbonyl (C=O) groups excluding carboxylic acids is 2. The largest absolute Gasteiger partial charge is 0.494 e. The summed E-state index contributed by atoms with van der Waals surface area (Å²) in [6.45, 7) is 7.46. The van der Waals surface area contributed by atoms with Crippen molar-refractivity contribution in [3.63, 3.8) is 0 Å². The first kappa shape index (κ1) is 29.4. The summed E-state index contributed by atoms with van der Waals surface area (Å²) in [7, 11) is 8.53. The summed E-state index contributed by atoms with van der Waals surface area (Å²) in [6, 6.07) is 7.37. The van der Waals surface area contributed by atoms with Gasteiger partial charge >= 0.3 is 0 Å². The lowest BCUT2D eigenvalue weighted by atomic mass is 9.84. The highest BCUT2D eigenvalue weighted by Crippen LogP contribution is 2.41. The molecule has 4 rings (SSSR count). The van der Waals surface area contributed by atoms with Gasteiger partial charge in [0.25, 0.3) is 5.91 Å². The number of β-amino-alcohol motifs (C(OH)–C–C–N with tert-alkyl or cyclic N) is 1. The third-order valence-corrected chi connectivity index (χ3v) is 7.73. The molecule has 2 atom stereocenters. The molecule has 2 aromatic rings. The predicted octanol–water partition coefficient (Wildman–Crippen LogP) is 2.64. The Labute approximate surface area is 236 Å². The lowest BCUT2D eigenvalue weighted by Crippen LogP contribution is -2.31. The van der Waals surface area contributed by atoms with Gasteiger partial charge in [0.15, 0.2) is 5.78 Å². The van der Waals surface area contributed by atoms with Gasteiger partial charge in [0.05, 0.1) is 31.0 Å². The number of hydrogen-bond donors (Lipinski definition) is 3. The number of amidine groups is 1. The highest BCUT2D eigenvalue weighted by Gasteiger charge is 2.35. The number of aliphatic hydroxyl groups is 1. The molecule has 1 saturated heterocycles. The van der Waals surface area contributed by atoms with Gasteiger partial charge in [0.2, 0.25) is 0 Å². The van der Waals surface area contributed by atoms with E-state index in [0.29, 0.717) is 42.1 Å². The summed E-state index contributed by atoms with van der Waals surface area (Å²) in [5, 5.41) is 22.0. The summed E-state index contributed by atoms with van der Waals surface area (Å²) in [6.07, 6.45) is -0.986. The molecule has 216 valence electrons. The zero-order chi connectivity index (χ0) is 29.5. The number of ether oxygens (including phenoxy) is 2. The summed E-state index contributed by atoms with van der Waals surface area (Å²) in [5.41, 5.74) is 4.62. The normalized spacial score (nSPS) is 18.7. The van der Waals surface area contributed by atoms with Gasteiger partial charge in [0.1, 0.15) is 17.7 Å². The van der Waals surface area contributed by atoms with E-state index in [1.54, 1.807) is 32.2 Å². The maximum absolute atomic E-state index is 13.8. The molecular weight excluding hydrogens is 510 g/mol. The first-order chi connectivity index (χ1) is 18.8. The summed E-state index contributed by atoms with van der Waals surface area (Å²) in [4.78, 5) is 31.9. The van der Waals surface area contributed by atoms with Crippen molar-refractivity contribution in [2.75, 3.05) is 64.8 Å². The van der Waals surface area contributed by atoms with Crippen LogP contribution in [-0.2, 0) is 16.7 Å². The Bertz CT molecular complexity index is 1330. The number of carbonyl (C=O) groups is 2. The fourth-order valence-electron chi connectivity index (χ4n) is 5.49. The van der Waals surface area contributed by atoms with Crippen LogP contribution in [-0.4, -0.2) is 94.7 Å². The number of hydrogen-bond acceptors (Lipinski definition) is 8. The van der Waals surface area contributed by atoms with Gasteiger partial charge in [-0.15, -0.1) is 0 Å². The second kappa shape index (κ2) is 11.1. The molecule has 2 aliphatic heterocycles. The van der Waals surface area contributed by atoms with E-state index in [1.807, 2.05) is 42.1 Å². The molecule has 2 aromatic carbocycles. The molecule has 1 amide bonds. The lowest BCUT2D eigenvalue weighted by molar-refractivity contribution is 0.0217. The molecule has 2 aliphatic rings. The number of nitrogens with one attached hydrogen (secondary N) is 2. The predicted molar refractivity (Wildman–Crippen MR) is 156 cm³/mol. The molecule has 40 heavy (non-hydrogen) atoms. The first-order valence-corrected chi connectivity index (χ1v) is 13.4. The highest BCUT2D eigenvalue weighted by molar-refractivity contribution is 6.08. The maximum atomic E-state index is 13.8. The van der Waals surface area contributed by atoms with Crippen molar-refractivity contribution in [1.82, 2.24) is 10.2 Å². The standard InChI is InChI=1S/C30H41N5O5/c1-30(2,3)21-9-17(10-23(27(21)40-8)34-15-25(37)26(16-34)39-7)24(36)14-35-13-18-11-22(33(5)6)20(29(38)32-4)12-19(18)28(35)31/h9-12,25-26,31,37H,13-16H2,1-8H3,(H,32,38). The van der Waals surface area contributed by atoms with Crippen molar-refractivity contribution in [1.29, 1.82) is 5.41 Å². The Kier molecular flexibility index (Phi) is 8.14. The summed E-state index contributed by atoms with van der Waals surface area (Å²) < 4.78 is 11.3. The second-order valence-corrected chi connectivity index (χ2v) is 11.7. The van der Waals surface area contributed by atoms with E-state index in [0.717, 1.165) is 22.5 Å². The van der Waals surface area contributed by atoms with Crippen molar-refractivity contribution < 1.29 is 24.2 Å². The van der Waals surface area contributed by atoms with E-state index in [1.165, 1.54) is 0 Å². The van der Waals surface area contributed by atoms with Crippen LogP contribution in [0.5, 0.6) is 5.75 Å². The van der Waals surface area contributed by atoms with Gasteiger partial charge in [0, 0.05) is 70.3 Å². The Morgan fingerprint density at radius 2 is 1.85 bits per heavy atom. The number of rotatable bonds is 8. The van der Waals surface area contributed by atoms with Crippen LogP contribution in [0.15, 0.2) is 24.3 Å².